The summed E-state index contributed by atoms with van der Waals surface area (Å²) in [6, 6.07) is 4.64. The second kappa shape index (κ2) is 7.37. The summed E-state index contributed by atoms with van der Waals surface area (Å²) in [5.41, 5.74) is 4.84. The fraction of sp³-hybridized carbons (Fsp3) is 0.727. The quantitative estimate of drug-likeness (QED) is 0.529. The van der Waals surface area contributed by atoms with Crippen LogP contribution in [0.2, 0.25) is 0 Å². The standard InChI is InChI=1S/C22H33NO/c1-22(2,3)18-14-19(16-10-6-4-7-11-16)21(23-24)20(15-18)17-12-8-5-9-13-17/h14-17H,4-13H2,1-3H3. The van der Waals surface area contributed by atoms with E-state index in [1.54, 1.807) is 0 Å². The summed E-state index contributed by atoms with van der Waals surface area (Å²) in [4.78, 5) is 11.8. The Balaban J connectivity index is 2.09. The Morgan fingerprint density at radius 1 is 0.792 bits per heavy atom. The maximum Gasteiger partial charge on any atom is 0.114 e. The monoisotopic (exact) mass is 327 g/mol. The molecule has 1 aromatic rings. The van der Waals surface area contributed by atoms with Crippen molar-refractivity contribution in [3.63, 3.8) is 0 Å². The Hall–Kier alpha value is -1.18. The molecule has 0 heterocycles. The van der Waals surface area contributed by atoms with E-state index in [4.69, 9.17) is 0 Å². The molecule has 2 heteroatoms. The average molecular weight is 328 g/mol. The first-order chi connectivity index (χ1) is 11.5. The lowest BCUT2D eigenvalue weighted by molar-refractivity contribution is 0.434. The van der Waals surface area contributed by atoms with Gasteiger partial charge in [-0.1, -0.05) is 71.4 Å². The van der Waals surface area contributed by atoms with Crippen LogP contribution in [-0.2, 0) is 5.41 Å². The van der Waals surface area contributed by atoms with Gasteiger partial charge in [0.2, 0.25) is 0 Å². The molecule has 2 aliphatic carbocycles. The summed E-state index contributed by atoms with van der Waals surface area (Å²) in [6.07, 6.45) is 12.7. The highest BCUT2D eigenvalue weighted by Crippen LogP contribution is 2.46. The topological polar surface area (TPSA) is 29.4 Å². The largest absolute Gasteiger partial charge is 0.145 e. The molecule has 3 rings (SSSR count). The van der Waals surface area contributed by atoms with Crippen LogP contribution in [0.1, 0.15) is 114 Å². The van der Waals surface area contributed by atoms with Gasteiger partial charge >= 0.3 is 0 Å². The van der Waals surface area contributed by atoms with Crippen LogP contribution in [0.25, 0.3) is 0 Å². The highest BCUT2D eigenvalue weighted by Gasteiger charge is 2.28. The van der Waals surface area contributed by atoms with Gasteiger partial charge in [-0.15, -0.1) is 4.91 Å². The van der Waals surface area contributed by atoms with Gasteiger partial charge < -0.3 is 0 Å². The summed E-state index contributed by atoms with van der Waals surface area (Å²) >= 11 is 0. The zero-order chi connectivity index (χ0) is 17.2. The molecule has 0 N–H and O–H groups in total. The van der Waals surface area contributed by atoms with E-state index in [0.29, 0.717) is 11.8 Å². The molecule has 2 aliphatic rings. The van der Waals surface area contributed by atoms with Crippen molar-refractivity contribution in [1.29, 1.82) is 0 Å². The first-order valence-electron chi connectivity index (χ1n) is 10.0. The minimum atomic E-state index is 0.119. The summed E-state index contributed by atoms with van der Waals surface area (Å²) in [5, 5.41) is 3.59. The molecule has 0 atom stereocenters. The van der Waals surface area contributed by atoms with E-state index in [1.165, 1.54) is 80.9 Å². The van der Waals surface area contributed by atoms with Crippen molar-refractivity contribution in [1.82, 2.24) is 0 Å². The van der Waals surface area contributed by atoms with Crippen molar-refractivity contribution in [2.24, 2.45) is 5.18 Å². The Morgan fingerprint density at radius 3 is 1.54 bits per heavy atom. The number of nitrogens with zero attached hydrogens (tertiary/aromatic N) is 1. The zero-order valence-electron chi connectivity index (χ0n) is 15.7. The second-order valence-corrected chi connectivity index (χ2v) is 9.01. The predicted octanol–water partition coefficient (Wildman–Crippen LogP) is 7.48. The van der Waals surface area contributed by atoms with Gasteiger partial charge in [0.05, 0.1) is 0 Å². The average Bonchev–Trinajstić information content (AvgIpc) is 2.61. The molecular formula is C22H33NO. The van der Waals surface area contributed by atoms with E-state index in [2.05, 4.69) is 38.1 Å². The third kappa shape index (κ3) is 3.73. The molecule has 0 radical (unpaired) electrons. The van der Waals surface area contributed by atoms with Crippen LogP contribution < -0.4 is 0 Å². The van der Waals surface area contributed by atoms with Crippen molar-refractivity contribution in [2.75, 3.05) is 0 Å². The van der Waals surface area contributed by atoms with Gasteiger partial charge in [-0.2, -0.15) is 0 Å². The van der Waals surface area contributed by atoms with E-state index >= 15 is 0 Å². The van der Waals surface area contributed by atoms with Crippen molar-refractivity contribution in [2.45, 2.75) is 102 Å². The van der Waals surface area contributed by atoms with E-state index in [1.807, 2.05) is 0 Å². The number of rotatable bonds is 3. The summed E-state index contributed by atoms with van der Waals surface area (Å²) in [7, 11) is 0. The van der Waals surface area contributed by atoms with E-state index < -0.39 is 0 Å². The van der Waals surface area contributed by atoms with Crippen LogP contribution in [0, 0.1) is 4.91 Å². The van der Waals surface area contributed by atoms with Gasteiger partial charge in [-0.25, -0.2) is 0 Å². The smallest absolute Gasteiger partial charge is 0.114 e. The molecule has 1 aromatic carbocycles. The molecule has 0 saturated heterocycles. The predicted molar refractivity (Wildman–Crippen MR) is 102 cm³/mol. The number of hydrogen-bond acceptors (Lipinski definition) is 2. The van der Waals surface area contributed by atoms with Crippen LogP contribution in [0.5, 0.6) is 0 Å². The Bertz CT molecular complexity index is 533. The maximum atomic E-state index is 11.8. The van der Waals surface area contributed by atoms with Gasteiger partial charge in [0, 0.05) is 0 Å². The second-order valence-electron chi connectivity index (χ2n) is 9.01. The lowest BCUT2D eigenvalue weighted by atomic mass is 9.75. The molecular weight excluding hydrogens is 294 g/mol. The lowest BCUT2D eigenvalue weighted by Gasteiger charge is -2.30. The van der Waals surface area contributed by atoms with Gasteiger partial charge in [-0.3, -0.25) is 0 Å². The van der Waals surface area contributed by atoms with Crippen LogP contribution in [0.3, 0.4) is 0 Å². The van der Waals surface area contributed by atoms with Gasteiger partial charge in [-0.05, 0) is 64.8 Å². The van der Waals surface area contributed by atoms with Crippen molar-refractivity contribution in [3.05, 3.63) is 33.7 Å². The van der Waals surface area contributed by atoms with E-state index in [0.717, 1.165) is 5.69 Å². The summed E-state index contributed by atoms with van der Waals surface area (Å²) in [6.45, 7) is 6.85. The highest BCUT2D eigenvalue weighted by molar-refractivity contribution is 5.59. The van der Waals surface area contributed by atoms with E-state index in [-0.39, 0.29) is 5.41 Å². The normalized spacial score (nSPS) is 21.0. The molecule has 0 bridgehead atoms. The van der Waals surface area contributed by atoms with Crippen LogP contribution in [-0.4, -0.2) is 0 Å². The SMILES string of the molecule is CC(C)(C)c1cc(C2CCCCC2)c(N=O)c(C2CCCCC2)c1. The summed E-state index contributed by atoms with van der Waals surface area (Å²) < 4.78 is 0. The molecule has 2 saturated carbocycles. The van der Waals surface area contributed by atoms with E-state index in [9.17, 15) is 4.91 Å². The highest BCUT2D eigenvalue weighted by atomic mass is 16.3. The molecule has 24 heavy (non-hydrogen) atoms. The Kier molecular flexibility index (Phi) is 5.42. The van der Waals surface area contributed by atoms with Crippen molar-refractivity contribution >= 4 is 5.69 Å². The molecule has 0 unspecified atom stereocenters. The zero-order valence-corrected chi connectivity index (χ0v) is 15.7. The minimum absolute atomic E-state index is 0.119. The fourth-order valence-electron chi connectivity index (χ4n) is 4.67. The van der Waals surface area contributed by atoms with Crippen LogP contribution in [0.4, 0.5) is 5.69 Å². The van der Waals surface area contributed by atoms with Crippen LogP contribution in [0.15, 0.2) is 17.3 Å². The first kappa shape index (κ1) is 17.6. The lowest BCUT2D eigenvalue weighted by Crippen LogP contribution is -2.16. The first-order valence-corrected chi connectivity index (χ1v) is 10.0. The molecule has 0 amide bonds. The van der Waals surface area contributed by atoms with Gasteiger partial charge in [0.1, 0.15) is 5.69 Å². The minimum Gasteiger partial charge on any atom is -0.145 e. The fourth-order valence-corrected chi connectivity index (χ4v) is 4.67. The summed E-state index contributed by atoms with van der Waals surface area (Å²) in [5.74, 6) is 1.08. The van der Waals surface area contributed by atoms with Crippen LogP contribution >= 0.6 is 0 Å². The molecule has 0 aliphatic heterocycles. The third-order valence-electron chi connectivity index (χ3n) is 6.22. The molecule has 2 fully saturated rings. The maximum absolute atomic E-state index is 11.8. The van der Waals surface area contributed by atoms with Crippen molar-refractivity contribution in [3.8, 4) is 0 Å². The van der Waals surface area contributed by atoms with Gasteiger partial charge in [0.15, 0.2) is 0 Å². The Labute approximate surface area is 147 Å². The molecule has 132 valence electrons. The Morgan fingerprint density at radius 2 is 1.21 bits per heavy atom. The third-order valence-corrected chi connectivity index (χ3v) is 6.22. The van der Waals surface area contributed by atoms with Gasteiger partial charge in [0.25, 0.3) is 0 Å². The molecule has 2 nitrogen and oxygen atoms in total. The number of hydrogen-bond donors (Lipinski definition) is 0. The van der Waals surface area contributed by atoms with Crippen molar-refractivity contribution < 1.29 is 0 Å². The number of nitroso groups, excluding NO2 is 1. The molecule has 0 spiro atoms. The molecule has 0 aromatic heterocycles. The number of benzene rings is 1.